The molecule has 33 heavy (non-hydrogen) atoms. The Morgan fingerprint density at radius 3 is 2.21 bits per heavy atom. The van der Waals surface area contributed by atoms with Crippen LogP contribution in [0.4, 0.5) is 14.5 Å². The van der Waals surface area contributed by atoms with Gasteiger partial charge in [-0.3, -0.25) is 9.59 Å². The maximum Gasteiger partial charge on any atom is 0.255 e. The summed E-state index contributed by atoms with van der Waals surface area (Å²) in [6, 6.07) is 9.83. The van der Waals surface area contributed by atoms with E-state index in [-0.39, 0.29) is 22.8 Å². The molecule has 0 aromatic heterocycles. The summed E-state index contributed by atoms with van der Waals surface area (Å²) in [5, 5.41) is 2.65. The Morgan fingerprint density at radius 1 is 1.03 bits per heavy atom. The Balaban J connectivity index is 1.69. The lowest BCUT2D eigenvalue weighted by Crippen LogP contribution is -2.44. The molecule has 2 aromatic carbocycles. The number of carbonyl (C=O) groups is 2. The molecule has 2 aromatic rings. The zero-order valence-electron chi connectivity index (χ0n) is 19.4. The van der Waals surface area contributed by atoms with E-state index in [0.717, 1.165) is 49.4 Å². The van der Waals surface area contributed by atoms with Gasteiger partial charge in [-0.1, -0.05) is 45.2 Å². The van der Waals surface area contributed by atoms with Gasteiger partial charge in [-0.25, -0.2) is 8.78 Å². The second-order valence-electron chi connectivity index (χ2n) is 9.71. The van der Waals surface area contributed by atoms with Gasteiger partial charge < -0.3 is 16.0 Å². The van der Waals surface area contributed by atoms with Crippen molar-refractivity contribution in [2.75, 3.05) is 18.4 Å². The third kappa shape index (κ3) is 7.09. The average molecular weight is 458 g/mol. The summed E-state index contributed by atoms with van der Waals surface area (Å²) in [4.78, 5) is 27.5. The minimum atomic E-state index is -0.807. The van der Waals surface area contributed by atoms with Crippen LogP contribution >= 0.6 is 0 Å². The molecule has 3 rings (SSSR count). The first-order chi connectivity index (χ1) is 15.7. The molecule has 0 aliphatic heterocycles. The van der Waals surface area contributed by atoms with Gasteiger partial charge in [-0.05, 0) is 54.6 Å². The highest BCUT2D eigenvalue weighted by molar-refractivity contribution is 6.04. The van der Waals surface area contributed by atoms with Crippen LogP contribution < -0.4 is 11.1 Å². The molecular formula is C26H33F2N3O2. The number of nitrogens with zero attached hydrogens (tertiary/aromatic N) is 1. The molecule has 0 bridgehead atoms. The number of amides is 2. The fraction of sp³-hybridized carbons (Fsp3) is 0.462. The van der Waals surface area contributed by atoms with E-state index >= 15 is 0 Å². The molecule has 178 valence electrons. The fourth-order valence-electron chi connectivity index (χ4n) is 4.20. The topological polar surface area (TPSA) is 75.4 Å². The summed E-state index contributed by atoms with van der Waals surface area (Å²) >= 11 is 0. The molecule has 5 nitrogen and oxygen atoms in total. The summed E-state index contributed by atoms with van der Waals surface area (Å²) < 4.78 is 26.8. The Bertz CT molecular complexity index is 950. The largest absolute Gasteiger partial charge is 0.338 e. The van der Waals surface area contributed by atoms with E-state index in [9.17, 15) is 18.4 Å². The number of hydrogen-bond donors (Lipinski definition) is 2. The van der Waals surface area contributed by atoms with Crippen LogP contribution in [0.3, 0.4) is 0 Å². The van der Waals surface area contributed by atoms with Crippen molar-refractivity contribution in [2.24, 2.45) is 17.1 Å². The van der Waals surface area contributed by atoms with Gasteiger partial charge in [0.2, 0.25) is 5.91 Å². The highest BCUT2D eigenvalue weighted by Crippen LogP contribution is 2.28. The van der Waals surface area contributed by atoms with Crippen molar-refractivity contribution >= 4 is 17.5 Å². The number of rotatable bonds is 8. The monoisotopic (exact) mass is 457 g/mol. The summed E-state index contributed by atoms with van der Waals surface area (Å²) in [6.45, 7) is 5.63. The van der Waals surface area contributed by atoms with Gasteiger partial charge in [0.15, 0.2) is 0 Å². The molecule has 1 aliphatic rings. The minimum Gasteiger partial charge on any atom is -0.338 e. The van der Waals surface area contributed by atoms with Gasteiger partial charge in [0, 0.05) is 36.3 Å². The lowest BCUT2D eigenvalue weighted by molar-refractivity contribution is -0.138. The number of benzene rings is 2. The molecular weight excluding hydrogens is 424 g/mol. The van der Waals surface area contributed by atoms with Gasteiger partial charge in [-0.15, -0.1) is 0 Å². The second kappa shape index (κ2) is 10.9. The molecule has 2 amide bonds. The Hall–Kier alpha value is -2.80. The van der Waals surface area contributed by atoms with Crippen LogP contribution in [0, 0.1) is 23.0 Å². The number of anilines is 1. The van der Waals surface area contributed by atoms with E-state index in [1.807, 2.05) is 17.0 Å². The van der Waals surface area contributed by atoms with Gasteiger partial charge >= 0.3 is 0 Å². The number of nitrogens with two attached hydrogens (primary N) is 1. The van der Waals surface area contributed by atoms with Crippen molar-refractivity contribution in [3.63, 3.8) is 0 Å². The van der Waals surface area contributed by atoms with E-state index in [4.69, 9.17) is 5.73 Å². The maximum absolute atomic E-state index is 13.4. The zero-order valence-corrected chi connectivity index (χ0v) is 19.4. The fourth-order valence-corrected chi connectivity index (χ4v) is 4.20. The first kappa shape index (κ1) is 24.8. The second-order valence-corrected chi connectivity index (χ2v) is 9.71. The maximum atomic E-state index is 13.4. The van der Waals surface area contributed by atoms with Crippen molar-refractivity contribution in [3.05, 3.63) is 65.2 Å². The number of carbonyl (C=O) groups excluding carboxylic acids is 2. The minimum absolute atomic E-state index is 0.0672. The first-order valence-corrected chi connectivity index (χ1v) is 11.5. The molecule has 0 unspecified atom stereocenters. The first-order valence-electron chi connectivity index (χ1n) is 11.5. The van der Waals surface area contributed by atoms with Crippen molar-refractivity contribution in [1.29, 1.82) is 0 Å². The summed E-state index contributed by atoms with van der Waals surface area (Å²) in [7, 11) is 0. The number of nitrogens with one attached hydrogen (secondary N) is 1. The normalized spacial score (nSPS) is 14.7. The predicted octanol–water partition coefficient (Wildman–Crippen LogP) is 5.11. The van der Waals surface area contributed by atoms with Crippen LogP contribution in [0.5, 0.6) is 0 Å². The third-order valence-corrected chi connectivity index (χ3v) is 6.15. The SMILES string of the molecule is CC(C)(CN)CN(Cc1ccc(NC(=O)c2cc(F)cc(F)c2)cc1)C(=O)C1CCCCC1. The highest BCUT2D eigenvalue weighted by Gasteiger charge is 2.29. The molecule has 3 N–H and O–H groups in total. The molecule has 1 aliphatic carbocycles. The molecule has 0 saturated heterocycles. The predicted molar refractivity (Wildman–Crippen MR) is 126 cm³/mol. The van der Waals surface area contributed by atoms with E-state index in [0.29, 0.717) is 25.3 Å². The van der Waals surface area contributed by atoms with E-state index < -0.39 is 17.5 Å². The van der Waals surface area contributed by atoms with Crippen molar-refractivity contribution in [2.45, 2.75) is 52.5 Å². The Kier molecular flexibility index (Phi) is 8.19. The van der Waals surface area contributed by atoms with E-state index in [1.54, 1.807) is 12.1 Å². The lowest BCUT2D eigenvalue weighted by Gasteiger charge is -2.35. The Morgan fingerprint density at radius 2 is 1.64 bits per heavy atom. The summed E-state index contributed by atoms with van der Waals surface area (Å²) in [5.74, 6) is -1.96. The third-order valence-electron chi connectivity index (χ3n) is 6.15. The van der Waals surface area contributed by atoms with Crippen LogP contribution in [0.1, 0.15) is 61.9 Å². The van der Waals surface area contributed by atoms with Gasteiger partial charge in [0.25, 0.3) is 5.91 Å². The molecule has 1 saturated carbocycles. The van der Waals surface area contributed by atoms with Crippen LogP contribution in [0.25, 0.3) is 0 Å². The quantitative estimate of drug-likeness (QED) is 0.578. The van der Waals surface area contributed by atoms with Gasteiger partial charge in [-0.2, -0.15) is 0 Å². The van der Waals surface area contributed by atoms with E-state index in [1.165, 1.54) is 6.42 Å². The standard InChI is InChI=1S/C26H33F2N3O2/c1-26(2,16-29)17-31(25(33)19-6-4-3-5-7-19)15-18-8-10-23(11-9-18)30-24(32)20-12-21(27)14-22(28)13-20/h8-14,19H,3-7,15-17,29H2,1-2H3,(H,30,32). The van der Waals surface area contributed by atoms with Crippen LogP contribution in [0.2, 0.25) is 0 Å². The molecule has 0 heterocycles. The summed E-state index contributed by atoms with van der Waals surface area (Å²) in [6.07, 6.45) is 5.24. The van der Waals surface area contributed by atoms with Crippen LogP contribution in [-0.2, 0) is 11.3 Å². The molecule has 0 radical (unpaired) electrons. The lowest BCUT2D eigenvalue weighted by atomic mass is 9.87. The average Bonchev–Trinajstić information content (AvgIpc) is 2.79. The van der Waals surface area contributed by atoms with Crippen molar-refractivity contribution < 1.29 is 18.4 Å². The van der Waals surface area contributed by atoms with E-state index in [2.05, 4.69) is 19.2 Å². The Labute approximate surface area is 194 Å². The van der Waals surface area contributed by atoms with Crippen molar-refractivity contribution in [3.8, 4) is 0 Å². The zero-order chi connectivity index (χ0) is 24.0. The van der Waals surface area contributed by atoms with Crippen molar-refractivity contribution in [1.82, 2.24) is 4.90 Å². The number of halogens is 2. The van der Waals surface area contributed by atoms with Crippen LogP contribution in [0.15, 0.2) is 42.5 Å². The van der Waals surface area contributed by atoms with Gasteiger partial charge in [0.1, 0.15) is 11.6 Å². The molecule has 0 spiro atoms. The molecule has 0 atom stereocenters. The molecule has 7 heteroatoms. The molecule has 1 fully saturated rings. The smallest absolute Gasteiger partial charge is 0.255 e. The highest BCUT2D eigenvalue weighted by atomic mass is 19.1. The number of hydrogen-bond acceptors (Lipinski definition) is 3. The van der Waals surface area contributed by atoms with Gasteiger partial charge in [0.05, 0.1) is 0 Å². The summed E-state index contributed by atoms with van der Waals surface area (Å²) in [5.41, 5.74) is 7.08. The van der Waals surface area contributed by atoms with Crippen LogP contribution in [-0.4, -0.2) is 29.8 Å².